The molecule has 0 aliphatic carbocycles. The first-order valence-electron chi connectivity index (χ1n) is 7.92. The van der Waals surface area contributed by atoms with Crippen LogP contribution in [0.25, 0.3) is 0 Å². The first kappa shape index (κ1) is 18.2. The van der Waals surface area contributed by atoms with Crippen molar-refractivity contribution in [2.24, 2.45) is 0 Å². The molecule has 0 saturated carbocycles. The summed E-state index contributed by atoms with van der Waals surface area (Å²) in [5, 5.41) is 6.86. The number of hydrogen-bond acceptors (Lipinski definition) is 4. The lowest BCUT2D eigenvalue weighted by atomic mass is 10.1. The Bertz CT molecular complexity index is 658. The van der Waals surface area contributed by atoms with Crippen molar-refractivity contribution < 1.29 is 4.79 Å². The SMILES string of the molecule is CN(C)CCNC(=O)c1ccc(NCCc2cccc(Cl)c2)nc1. The highest BCUT2D eigenvalue weighted by Crippen LogP contribution is 2.11. The number of carbonyl (C=O) groups is 1. The summed E-state index contributed by atoms with van der Waals surface area (Å²) in [6.45, 7) is 2.18. The summed E-state index contributed by atoms with van der Waals surface area (Å²) in [5.41, 5.74) is 1.74. The number of nitrogens with one attached hydrogen (secondary N) is 2. The van der Waals surface area contributed by atoms with Crippen LogP contribution in [0.15, 0.2) is 42.6 Å². The molecule has 2 rings (SSSR count). The minimum atomic E-state index is -0.102. The zero-order valence-corrected chi connectivity index (χ0v) is 14.8. The number of amides is 1. The molecule has 0 fully saturated rings. The Morgan fingerprint density at radius 1 is 1.21 bits per heavy atom. The Balaban J connectivity index is 1.78. The standard InChI is InChI=1S/C18H23ClN4O/c1-23(2)11-10-21-18(24)15-6-7-17(22-13-15)20-9-8-14-4-3-5-16(19)12-14/h3-7,12-13H,8-11H2,1-2H3,(H,20,22)(H,21,24). The third-order valence-electron chi connectivity index (χ3n) is 3.48. The van der Waals surface area contributed by atoms with Gasteiger partial charge in [0.25, 0.3) is 5.91 Å². The van der Waals surface area contributed by atoms with E-state index in [-0.39, 0.29) is 5.91 Å². The Morgan fingerprint density at radius 3 is 2.71 bits per heavy atom. The van der Waals surface area contributed by atoms with Crippen LogP contribution in [-0.2, 0) is 6.42 Å². The van der Waals surface area contributed by atoms with E-state index >= 15 is 0 Å². The molecule has 2 N–H and O–H groups in total. The Hall–Kier alpha value is -2.11. The van der Waals surface area contributed by atoms with E-state index in [9.17, 15) is 4.79 Å². The van der Waals surface area contributed by atoms with Crippen molar-refractivity contribution in [1.29, 1.82) is 0 Å². The highest BCUT2D eigenvalue weighted by atomic mass is 35.5. The highest BCUT2D eigenvalue weighted by Gasteiger charge is 2.05. The second-order valence-corrected chi connectivity index (χ2v) is 6.23. The fraction of sp³-hybridized carbons (Fsp3) is 0.333. The molecule has 24 heavy (non-hydrogen) atoms. The monoisotopic (exact) mass is 346 g/mol. The number of carbonyl (C=O) groups excluding carboxylic acids is 1. The number of anilines is 1. The molecule has 6 heteroatoms. The van der Waals surface area contributed by atoms with Crippen LogP contribution in [-0.4, -0.2) is 49.5 Å². The van der Waals surface area contributed by atoms with Crippen LogP contribution in [0.2, 0.25) is 5.02 Å². The minimum absolute atomic E-state index is 0.102. The van der Waals surface area contributed by atoms with Crippen LogP contribution in [0.1, 0.15) is 15.9 Å². The van der Waals surface area contributed by atoms with E-state index in [0.717, 1.165) is 30.4 Å². The average molecular weight is 347 g/mol. The van der Waals surface area contributed by atoms with Crippen LogP contribution < -0.4 is 10.6 Å². The van der Waals surface area contributed by atoms with Crippen LogP contribution >= 0.6 is 11.6 Å². The van der Waals surface area contributed by atoms with Crippen molar-refractivity contribution in [1.82, 2.24) is 15.2 Å². The highest BCUT2D eigenvalue weighted by molar-refractivity contribution is 6.30. The molecule has 5 nitrogen and oxygen atoms in total. The first-order valence-corrected chi connectivity index (χ1v) is 8.29. The maximum atomic E-state index is 12.0. The molecule has 0 spiro atoms. The van der Waals surface area contributed by atoms with Gasteiger partial charge in [0.05, 0.1) is 5.56 Å². The number of nitrogens with zero attached hydrogens (tertiary/aromatic N) is 2. The van der Waals surface area contributed by atoms with E-state index in [4.69, 9.17) is 11.6 Å². The van der Waals surface area contributed by atoms with Gasteiger partial charge in [-0.1, -0.05) is 23.7 Å². The van der Waals surface area contributed by atoms with Crippen LogP contribution in [0, 0.1) is 0 Å². The second kappa shape index (κ2) is 9.25. The third kappa shape index (κ3) is 6.18. The van der Waals surface area contributed by atoms with Gasteiger partial charge in [-0.25, -0.2) is 4.98 Å². The van der Waals surface area contributed by atoms with Gasteiger partial charge < -0.3 is 15.5 Å². The maximum absolute atomic E-state index is 12.0. The van der Waals surface area contributed by atoms with Crippen molar-refractivity contribution in [2.45, 2.75) is 6.42 Å². The molecule has 0 atom stereocenters. The molecule has 0 saturated heterocycles. The van der Waals surface area contributed by atoms with Crippen molar-refractivity contribution in [2.75, 3.05) is 39.0 Å². The molecule has 1 amide bonds. The molecule has 1 heterocycles. The number of pyridine rings is 1. The quantitative estimate of drug-likeness (QED) is 0.771. The summed E-state index contributed by atoms with van der Waals surface area (Å²) in [6, 6.07) is 11.4. The van der Waals surface area contributed by atoms with Gasteiger partial charge in [0, 0.05) is 30.9 Å². The third-order valence-corrected chi connectivity index (χ3v) is 3.71. The molecular formula is C18H23ClN4O. The minimum Gasteiger partial charge on any atom is -0.370 e. The predicted molar refractivity (Wildman–Crippen MR) is 98.8 cm³/mol. The van der Waals surface area contributed by atoms with Gasteiger partial charge in [-0.15, -0.1) is 0 Å². The molecule has 1 aromatic heterocycles. The average Bonchev–Trinajstić information content (AvgIpc) is 2.55. The van der Waals surface area contributed by atoms with Crippen LogP contribution in [0.4, 0.5) is 5.82 Å². The lowest BCUT2D eigenvalue weighted by Gasteiger charge is -2.10. The molecule has 128 valence electrons. The molecule has 0 bridgehead atoms. The van der Waals surface area contributed by atoms with Crippen molar-refractivity contribution >= 4 is 23.3 Å². The van der Waals surface area contributed by atoms with E-state index in [2.05, 4.69) is 15.6 Å². The van der Waals surface area contributed by atoms with Gasteiger partial charge >= 0.3 is 0 Å². The van der Waals surface area contributed by atoms with Crippen LogP contribution in [0.3, 0.4) is 0 Å². The topological polar surface area (TPSA) is 57.3 Å². The van der Waals surface area contributed by atoms with Gasteiger partial charge in [-0.05, 0) is 50.3 Å². The zero-order chi connectivity index (χ0) is 17.4. The van der Waals surface area contributed by atoms with Gasteiger partial charge in [0.15, 0.2) is 0 Å². The normalized spacial score (nSPS) is 10.7. The van der Waals surface area contributed by atoms with Crippen LogP contribution in [0.5, 0.6) is 0 Å². The smallest absolute Gasteiger partial charge is 0.252 e. The number of aromatic nitrogens is 1. The summed E-state index contributed by atoms with van der Waals surface area (Å²) < 4.78 is 0. The van der Waals surface area contributed by atoms with E-state index < -0.39 is 0 Å². The summed E-state index contributed by atoms with van der Waals surface area (Å²) >= 11 is 5.97. The molecule has 0 unspecified atom stereocenters. The first-order chi connectivity index (χ1) is 11.5. The fourth-order valence-corrected chi connectivity index (χ4v) is 2.37. The Kier molecular flexibility index (Phi) is 7.03. The molecule has 1 aromatic carbocycles. The summed E-state index contributed by atoms with van der Waals surface area (Å²) in [6.07, 6.45) is 2.45. The maximum Gasteiger partial charge on any atom is 0.252 e. The lowest BCUT2D eigenvalue weighted by Crippen LogP contribution is -2.31. The molecule has 0 radical (unpaired) electrons. The molecule has 2 aromatic rings. The number of likely N-dealkylation sites (N-methyl/N-ethyl adjacent to an activating group) is 1. The molecule has 0 aliphatic rings. The Morgan fingerprint density at radius 2 is 2.04 bits per heavy atom. The van der Waals surface area contributed by atoms with E-state index in [1.54, 1.807) is 12.3 Å². The summed E-state index contributed by atoms with van der Waals surface area (Å²) in [7, 11) is 3.94. The van der Waals surface area contributed by atoms with E-state index in [0.29, 0.717) is 12.1 Å². The van der Waals surface area contributed by atoms with Gasteiger partial charge in [-0.3, -0.25) is 4.79 Å². The van der Waals surface area contributed by atoms with Crippen molar-refractivity contribution in [3.63, 3.8) is 0 Å². The number of hydrogen-bond donors (Lipinski definition) is 2. The second-order valence-electron chi connectivity index (χ2n) is 5.80. The predicted octanol–water partition coefficient (Wildman–Crippen LogP) is 2.68. The number of halogens is 1. The van der Waals surface area contributed by atoms with E-state index in [1.165, 1.54) is 5.56 Å². The van der Waals surface area contributed by atoms with Gasteiger partial charge in [0.1, 0.15) is 5.82 Å². The number of benzene rings is 1. The van der Waals surface area contributed by atoms with Crippen molar-refractivity contribution in [3.8, 4) is 0 Å². The summed E-state index contributed by atoms with van der Waals surface area (Å²) in [4.78, 5) is 18.3. The van der Waals surface area contributed by atoms with Crippen molar-refractivity contribution in [3.05, 3.63) is 58.7 Å². The lowest BCUT2D eigenvalue weighted by molar-refractivity contribution is 0.0950. The molecule has 0 aliphatic heterocycles. The zero-order valence-electron chi connectivity index (χ0n) is 14.1. The van der Waals surface area contributed by atoms with E-state index in [1.807, 2.05) is 49.3 Å². The Labute approximate surface area is 148 Å². The largest absolute Gasteiger partial charge is 0.370 e. The van der Waals surface area contributed by atoms with Gasteiger partial charge in [-0.2, -0.15) is 0 Å². The fourth-order valence-electron chi connectivity index (χ4n) is 2.16. The molecular weight excluding hydrogens is 324 g/mol. The summed E-state index contributed by atoms with van der Waals surface area (Å²) in [5.74, 6) is 0.650. The van der Waals surface area contributed by atoms with Gasteiger partial charge in [0.2, 0.25) is 0 Å². The number of rotatable bonds is 8.